The van der Waals surface area contributed by atoms with Gasteiger partial charge >= 0.3 is 5.97 Å². The monoisotopic (exact) mass is 382 g/mol. The largest absolute Gasteiger partial charge is 0.493 e. The summed E-state index contributed by atoms with van der Waals surface area (Å²) in [5.41, 5.74) is 2.50. The van der Waals surface area contributed by atoms with E-state index < -0.39 is 0 Å². The zero-order valence-electron chi connectivity index (χ0n) is 16.1. The Morgan fingerprint density at radius 3 is 2.61 bits per heavy atom. The summed E-state index contributed by atoms with van der Waals surface area (Å²) in [5, 5.41) is 0. The number of aryl methyl sites for hydroxylation is 2. The molecule has 0 unspecified atom stereocenters. The van der Waals surface area contributed by atoms with E-state index in [4.69, 9.17) is 14.2 Å². The fourth-order valence-electron chi connectivity index (χ4n) is 2.95. The molecule has 3 rings (SSSR count). The average Bonchev–Trinajstić information content (AvgIpc) is 2.70. The number of methoxy groups -OCH3 is 2. The van der Waals surface area contributed by atoms with Crippen LogP contribution in [0.4, 0.5) is 0 Å². The Bertz CT molecular complexity index is 1060. The van der Waals surface area contributed by atoms with E-state index in [9.17, 15) is 9.59 Å². The van der Waals surface area contributed by atoms with Gasteiger partial charge in [-0.05, 0) is 43.2 Å². The van der Waals surface area contributed by atoms with Crippen LogP contribution < -0.4 is 15.0 Å². The summed E-state index contributed by atoms with van der Waals surface area (Å²) >= 11 is 0. The van der Waals surface area contributed by atoms with E-state index in [-0.39, 0.29) is 24.6 Å². The Morgan fingerprint density at radius 2 is 1.86 bits per heavy atom. The van der Waals surface area contributed by atoms with E-state index >= 15 is 0 Å². The van der Waals surface area contributed by atoms with Gasteiger partial charge in [-0.2, -0.15) is 0 Å². The average molecular weight is 382 g/mol. The van der Waals surface area contributed by atoms with Gasteiger partial charge in [0.15, 0.2) is 11.5 Å². The number of hydrogen-bond donors (Lipinski definition) is 0. The summed E-state index contributed by atoms with van der Waals surface area (Å²) in [6.07, 6.45) is 0.716. The van der Waals surface area contributed by atoms with Crippen LogP contribution in [0.5, 0.6) is 11.5 Å². The van der Waals surface area contributed by atoms with Gasteiger partial charge in [0.2, 0.25) is 0 Å². The molecule has 1 aromatic carbocycles. The smallest absolute Gasteiger partial charge is 0.306 e. The van der Waals surface area contributed by atoms with Crippen molar-refractivity contribution in [3.05, 3.63) is 69.8 Å². The standard InChI is InChI=1S/C21H22N2O5/c1-14-5-4-6-19-22-16(12-20(24)23(14)19)13-28-21(25)10-8-15-7-9-17(26-2)18(11-15)27-3/h4-7,9,11-12H,8,10,13H2,1-3H3. The Kier molecular flexibility index (Phi) is 5.93. The van der Waals surface area contributed by atoms with E-state index in [0.717, 1.165) is 11.3 Å². The first kappa shape index (κ1) is 19.4. The van der Waals surface area contributed by atoms with Gasteiger partial charge in [0.05, 0.1) is 19.9 Å². The lowest BCUT2D eigenvalue weighted by Gasteiger charge is -2.10. The predicted molar refractivity (Wildman–Crippen MR) is 104 cm³/mol. The number of hydrogen-bond acceptors (Lipinski definition) is 6. The summed E-state index contributed by atoms with van der Waals surface area (Å²) in [5.74, 6) is 0.892. The van der Waals surface area contributed by atoms with Gasteiger partial charge in [-0.3, -0.25) is 14.0 Å². The van der Waals surface area contributed by atoms with Crippen LogP contribution in [0.25, 0.3) is 5.65 Å². The third-order valence-corrected chi connectivity index (χ3v) is 4.38. The topological polar surface area (TPSA) is 79.1 Å². The number of benzene rings is 1. The Hall–Kier alpha value is -3.35. The van der Waals surface area contributed by atoms with Gasteiger partial charge in [0.25, 0.3) is 5.56 Å². The molecule has 0 spiro atoms. The lowest BCUT2D eigenvalue weighted by Crippen LogP contribution is -2.18. The molecule has 0 aliphatic rings. The molecule has 0 saturated carbocycles. The van der Waals surface area contributed by atoms with Crippen LogP contribution in [0.1, 0.15) is 23.4 Å². The van der Waals surface area contributed by atoms with E-state index in [2.05, 4.69) is 4.98 Å². The van der Waals surface area contributed by atoms with Gasteiger partial charge in [0.1, 0.15) is 12.3 Å². The van der Waals surface area contributed by atoms with Crippen LogP contribution in [0.3, 0.4) is 0 Å². The molecule has 0 bridgehead atoms. The first-order valence-electron chi connectivity index (χ1n) is 8.86. The zero-order chi connectivity index (χ0) is 20.1. The van der Waals surface area contributed by atoms with Crippen molar-refractivity contribution in [2.24, 2.45) is 0 Å². The van der Waals surface area contributed by atoms with Crippen molar-refractivity contribution >= 4 is 11.6 Å². The molecule has 2 heterocycles. The van der Waals surface area contributed by atoms with Crippen molar-refractivity contribution in [3.63, 3.8) is 0 Å². The fraction of sp³-hybridized carbons (Fsp3) is 0.286. The number of pyridine rings is 1. The van der Waals surface area contributed by atoms with Crippen LogP contribution in [-0.2, 0) is 22.6 Å². The van der Waals surface area contributed by atoms with Crippen LogP contribution in [0.2, 0.25) is 0 Å². The van der Waals surface area contributed by atoms with Gasteiger partial charge in [-0.25, -0.2) is 4.98 Å². The Labute approximate surface area is 162 Å². The number of ether oxygens (including phenoxy) is 3. The molecule has 3 aromatic rings. The quantitative estimate of drug-likeness (QED) is 0.585. The highest BCUT2D eigenvalue weighted by atomic mass is 16.5. The molecule has 0 atom stereocenters. The van der Waals surface area contributed by atoms with Crippen LogP contribution in [-0.4, -0.2) is 29.6 Å². The highest BCUT2D eigenvalue weighted by Gasteiger charge is 2.10. The normalized spacial score (nSPS) is 10.7. The SMILES string of the molecule is COc1ccc(CCC(=O)OCc2cc(=O)n3c(C)cccc3n2)cc1OC. The number of aromatic nitrogens is 2. The van der Waals surface area contributed by atoms with Crippen molar-refractivity contribution in [2.45, 2.75) is 26.4 Å². The number of carbonyl (C=O) groups excluding carboxylic acids is 1. The Balaban J connectivity index is 1.60. The molecule has 0 aliphatic heterocycles. The van der Waals surface area contributed by atoms with Crippen molar-refractivity contribution in [1.29, 1.82) is 0 Å². The molecule has 0 aliphatic carbocycles. The van der Waals surface area contributed by atoms with Crippen molar-refractivity contribution < 1.29 is 19.0 Å². The lowest BCUT2D eigenvalue weighted by atomic mass is 10.1. The molecular formula is C21H22N2O5. The molecular weight excluding hydrogens is 360 g/mol. The third kappa shape index (κ3) is 4.31. The highest BCUT2D eigenvalue weighted by molar-refractivity contribution is 5.69. The maximum absolute atomic E-state index is 12.2. The molecule has 28 heavy (non-hydrogen) atoms. The molecule has 7 heteroatoms. The van der Waals surface area contributed by atoms with Gasteiger partial charge in [0, 0.05) is 18.2 Å². The van der Waals surface area contributed by atoms with E-state index in [1.165, 1.54) is 10.5 Å². The number of carbonyl (C=O) groups is 1. The first-order chi connectivity index (χ1) is 13.5. The number of esters is 1. The second-order valence-electron chi connectivity index (χ2n) is 6.30. The molecule has 0 radical (unpaired) electrons. The number of rotatable bonds is 7. The molecule has 146 valence electrons. The highest BCUT2D eigenvalue weighted by Crippen LogP contribution is 2.28. The van der Waals surface area contributed by atoms with Crippen molar-refractivity contribution in [1.82, 2.24) is 9.38 Å². The van der Waals surface area contributed by atoms with E-state index in [1.54, 1.807) is 26.4 Å². The fourth-order valence-corrected chi connectivity index (χ4v) is 2.95. The molecule has 7 nitrogen and oxygen atoms in total. The summed E-state index contributed by atoms with van der Waals surface area (Å²) in [6, 6.07) is 12.3. The summed E-state index contributed by atoms with van der Waals surface area (Å²) < 4.78 is 17.3. The first-order valence-corrected chi connectivity index (χ1v) is 8.86. The Morgan fingerprint density at radius 1 is 1.07 bits per heavy atom. The minimum atomic E-state index is -0.360. The second-order valence-corrected chi connectivity index (χ2v) is 6.30. The van der Waals surface area contributed by atoms with Gasteiger partial charge in [-0.1, -0.05) is 12.1 Å². The third-order valence-electron chi connectivity index (χ3n) is 4.38. The molecule has 0 saturated heterocycles. The van der Waals surface area contributed by atoms with E-state index in [0.29, 0.717) is 29.3 Å². The van der Waals surface area contributed by atoms with Crippen LogP contribution in [0.15, 0.2) is 47.3 Å². The summed E-state index contributed by atoms with van der Waals surface area (Å²) in [7, 11) is 3.14. The van der Waals surface area contributed by atoms with Crippen molar-refractivity contribution in [2.75, 3.05) is 14.2 Å². The maximum atomic E-state index is 12.2. The zero-order valence-corrected chi connectivity index (χ0v) is 16.1. The lowest BCUT2D eigenvalue weighted by molar-refractivity contribution is -0.145. The molecule has 2 aromatic heterocycles. The molecule has 0 N–H and O–H groups in total. The van der Waals surface area contributed by atoms with Gasteiger partial charge < -0.3 is 14.2 Å². The maximum Gasteiger partial charge on any atom is 0.306 e. The van der Waals surface area contributed by atoms with Crippen molar-refractivity contribution in [3.8, 4) is 11.5 Å². The molecule has 0 amide bonds. The number of nitrogens with zero attached hydrogens (tertiary/aromatic N) is 2. The molecule has 0 fully saturated rings. The van der Waals surface area contributed by atoms with Crippen LogP contribution >= 0.6 is 0 Å². The predicted octanol–water partition coefficient (Wildman–Crippen LogP) is 2.70. The second kappa shape index (κ2) is 8.56. The van der Waals surface area contributed by atoms with E-state index in [1.807, 2.05) is 31.2 Å². The minimum Gasteiger partial charge on any atom is -0.493 e. The van der Waals surface area contributed by atoms with Gasteiger partial charge in [-0.15, -0.1) is 0 Å². The minimum absolute atomic E-state index is 0.0373. The summed E-state index contributed by atoms with van der Waals surface area (Å²) in [6.45, 7) is 1.80. The van der Waals surface area contributed by atoms with Crippen LogP contribution in [0, 0.1) is 6.92 Å². The summed E-state index contributed by atoms with van der Waals surface area (Å²) in [4.78, 5) is 28.7. The number of fused-ring (bicyclic) bond motifs is 1.